The smallest absolute Gasteiger partial charge is 0.490 e. The standard InChI is InChI=1S/C23H19F3N2O4.C2HF3O2/c1-27-7-9-32-19-11-18(29)14(10-17(19)27)21-13-4-2-3-5-16(13)28(22(21)30)12-20-15(6-8-31-20)23(24,25)26;3-2(4,5)1(6)7/h2-6,8,10-11,21,29H,7,9,12H2,1H3;(H,6,7). The number of furan rings is 1. The van der Waals surface area contributed by atoms with E-state index < -0.39 is 35.7 Å². The van der Waals surface area contributed by atoms with Crippen LogP contribution in [0.2, 0.25) is 0 Å². The van der Waals surface area contributed by atoms with Gasteiger partial charge in [-0.25, -0.2) is 4.79 Å². The maximum atomic E-state index is 13.5. The van der Waals surface area contributed by atoms with Gasteiger partial charge >= 0.3 is 18.3 Å². The van der Waals surface area contributed by atoms with Crippen LogP contribution in [-0.4, -0.2) is 48.5 Å². The summed E-state index contributed by atoms with van der Waals surface area (Å²) < 4.78 is 82.4. The van der Waals surface area contributed by atoms with Gasteiger partial charge in [0, 0.05) is 24.4 Å². The molecule has 0 radical (unpaired) electrons. The highest BCUT2D eigenvalue weighted by Gasteiger charge is 2.43. The van der Waals surface area contributed by atoms with Crippen molar-refractivity contribution in [2.24, 2.45) is 0 Å². The third-order valence-corrected chi connectivity index (χ3v) is 6.16. The summed E-state index contributed by atoms with van der Waals surface area (Å²) in [6, 6.07) is 10.9. The van der Waals surface area contributed by atoms with Crippen LogP contribution in [0.25, 0.3) is 0 Å². The Hall–Kier alpha value is -4.36. The normalized spacial score (nSPS) is 16.7. The number of aromatic hydroxyl groups is 1. The Bertz CT molecular complexity index is 1400. The lowest BCUT2D eigenvalue weighted by molar-refractivity contribution is -0.192. The van der Waals surface area contributed by atoms with Crippen molar-refractivity contribution in [3.8, 4) is 11.5 Å². The quantitative estimate of drug-likeness (QED) is 0.429. The van der Waals surface area contributed by atoms with E-state index in [9.17, 15) is 36.2 Å². The molecule has 0 bridgehead atoms. The van der Waals surface area contributed by atoms with E-state index in [0.29, 0.717) is 35.7 Å². The number of anilines is 2. The molecule has 0 fully saturated rings. The minimum Gasteiger partial charge on any atom is -0.507 e. The van der Waals surface area contributed by atoms with Crippen LogP contribution in [0.5, 0.6) is 11.5 Å². The fraction of sp³-hybridized carbons (Fsp3) is 0.280. The molecule has 1 atom stereocenters. The number of hydrogen-bond acceptors (Lipinski definition) is 6. The SMILES string of the molecule is CN1CCOc2cc(O)c(C3C(=O)N(Cc4occc4C(F)(F)F)c4ccccc43)cc21.O=C(O)C(F)(F)F. The molecule has 8 nitrogen and oxygen atoms in total. The number of carboxylic acid groups (broad SMARTS) is 1. The number of carboxylic acids is 1. The summed E-state index contributed by atoms with van der Waals surface area (Å²) in [4.78, 5) is 25.6. The number of para-hydroxylation sites is 1. The highest BCUT2D eigenvalue weighted by atomic mass is 19.4. The predicted molar refractivity (Wildman–Crippen MR) is 124 cm³/mol. The molecule has 1 amide bonds. The van der Waals surface area contributed by atoms with Gasteiger partial charge in [-0.1, -0.05) is 18.2 Å². The van der Waals surface area contributed by atoms with Crippen molar-refractivity contribution in [1.82, 2.24) is 0 Å². The number of benzene rings is 2. The molecule has 14 heteroatoms. The molecule has 3 heterocycles. The number of aliphatic carboxylic acids is 1. The molecule has 3 aromatic rings. The summed E-state index contributed by atoms with van der Waals surface area (Å²) in [5.41, 5.74) is 1.28. The summed E-state index contributed by atoms with van der Waals surface area (Å²) in [6.45, 7) is 0.756. The molecule has 2 aliphatic rings. The minimum absolute atomic E-state index is 0.108. The first-order chi connectivity index (χ1) is 18.2. The first-order valence-electron chi connectivity index (χ1n) is 11.2. The zero-order valence-corrected chi connectivity index (χ0v) is 20.0. The Morgan fingerprint density at radius 2 is 1.72 bits per heavy atom. The third kappa shape index (κ3) is 5.45. The van der Waals surface area contributed by atoms with Crippen molar-refractivity contribution in [1.29, 1.82) is 0 Å². The number of phenols is 1. The van der Waals surface area contributed by atoms with E-state index in [1.54, 1.807) is 30.3 Å². The van der Waals surface area contributed by atoms with E-state index >= 15 is 0 Å². The van der Waals surface area contributed by atoms with E-state index in [-0.39, 0.29) is 18.1 Å². The van der Waals surface area contributed by atoms with E-state index in [1.165, 1.54) is 11.0 Å². The summed E-state index contributed by atoms with van der Waals surface area (Å²) in [5, 5.41) is 17.8. The Balaban J connectivity index is 0.000000448. The first-order valence-corrected chi connectivity index (χ1v) is 11.2. The van der Waals surface area contributed by atoms with Crippen LogP contribution in [0.15, 0.2) is 53.1 Å². The van der Waals surface area contributed by atoms with Crippen molar-refractivity contribution in [2.45, 2.75) is 24.8 Å². The van der Waals surface area contributed by atoms with Crippen LogP contribution in [0.1, 0.15) is 28.4 Å². The molecule has 5 rings (SSSR count). The Morgan fingerprint density at radius 1 is 1.05 bits per heavy atom. The second-order valence-corrected chi connectivity index (χ2v) is 8.62. The van der Waals surface area contributed by atoms with E-state index in [0.717, 1.165) is 18.0 Å². The van der Waals surface area contributed by atoms with E-state index in [1.807, 2.05) is 11.9 Å². The van der Waals surface area contributed by atoms with Crippen LogP contribution in [0.4, 0.5) is 37.7 Å². The van der Waals surface area contributed by atoms with Crippen LogP contribution in [-0.2, 0) is 22.3 Å². The topological polar surface area (TPSA) is 103 Å². The first kappa shape index (κ1) is 27.7. The highest BCUT2D eigenvalue weighted by Crippen LogP contribution is 2.48. The average Bonchev–Trinajstić information content (AvgIpc) is 3.42. The second-order valence-electron chi connectivity index (χ2n) is 8.62. The second kappa shape index (κ2) is 10.1. The molecule has 1 unspecified atom stereocenters. The van der Waals surface area contributed by atoms with E-state index in [4.69, 9.17) is 19.1 Å². The maximum absolute atomic E-state index is 13.5. The molecule has 2 aliphatic heterocycles. The number of carbonyl (C=O) groups excluding carboxylic acids is 1. The number of likely N-dealkylation sites (N-methyl/N-ethyl adjacent to an activating group) is 1. The maximum Gasteiger partial charge on any atom is 0.490 e. The van der Waals surface area contributed by atoms with Gasteiger partial charge in [0.15, 0.2) is 0 Å². The molecule has 2 N–H and O–H groups in total. The van der Waals surface area contributed by atoms with Crippen LogP contribution in [0.3, 0.4) is 0 Å². The number of carbonyl (C=O) groups is 2. The van der Waals surface area contributed by atoms with Crippen LogP contribution >= 0.6 is 0 Å². The lowest BCUT2D eigenvalue weighted by Crippen LogP contribution is -2.30. The number of alkyl halides is 6. The van der Waals surface area contributed by atoms with Crippen molar-refractivity contribution in [3.63, 3.8) is 0 Å². The molecule has 39 heavy (non-hydrogen) atoms. The fourth-order valence-corrected chi connectivity index (χ4v) is 4.34. The summed E-state index contributed by atoms with van der Waals surface area (Å²) in [5.74, 6) is -4.00. The number of amides is 1. The lowest BCUT2D eigenvalue weighted by Gasteiger charge is -2.29. The van der Waals surface area contributed by atoms with Crippen LogP contribution < -0.4 is 14.5 Å². The molecule has 0 saturated heterocycles. The molecular weight excluding hydrogens is 538 g/mol. The zero-order chi connectivity index (χ0) is 28.7. The molecule has 0 saturated carbocycles. The Morgan fingerprint density at radius 3 is 2.36 bits per heavy atom. The number of rotatable bonds is 3. The number of halogens is 6. The molecule has 0 spiro atoms. The van der Waals surface area contributed by atoms with E-state index in [2.05, 4.69) is 0 Å². The summed E-state index contributed by atoms with van der Waals surface area (Å²) in [6.07, 6.45) is -8.71. The van der Waals surface area contributed by atoms with Gasteiger partial charge in [-0.3, -0.25) is 4.79 Å². The molecule has 0 aliphatic carbocycles. The summed E-state index contributed by atoms with van der Waals surface area (Å²) in [7, 11) is 1.88. The third-order valence-electron chi connectivity index (χ3n) is 6.16. The van der Waals surface area contributed by atoms with Crippen molar-refractivity contribution in [2.75, 3.05) is 30.0 Å². The Labute approximate surface area is 216 Å². The van der Waals surface area contributed by atoms with Crippen molar-refractivity contribution >= 4 is 23.3 Å². The number of ether oxygens (including phenoxy) is 1. The number of fused-ring (bicyclic) bond motifs is 2. The average molecular weight is 558 g/mol. The predicted octanol–water partition coefficient (Wildman–Crippen LogP) is 5.14. The highest BCUT2D eigenvalue weighted by molar-refractivity contribution is 6.07. The lowest BCUT2D eigenvalue weighted by atomic mass is 9.91. The molecule has 1 aromatic heterocycles. The largest absolute Gasteiger partial charge is 0.507 e. The molecular formula is C25H20F6N2O6. The van der Waals surface area contributed by atoms with Gasteiger partial charge in [-0.15, -0.1) is 0 Å². The molecule has 2 aromatic carbocycles. The van der Waals surface area contributed by atoms with Crippen LogP contribution in [0, 0.1) is 0 Å². The van der Waals surface area contributed by atoms with Gasteiger partial charge in [0.05, 0.1) is 36.5 Å². The monoisotopic (exact) mass is 558 g/mol. The van der Waals surface area contributed by atoms with Gasteiger partial charge < -0.3 is 29.2 Å². The minimum atomic E-state index is -5.08. The van der Waals surface area contributed by atoms with Gasteiger partial charge in [-0.2, -0.15) is 26.3 Å². The molecule has 208 valence electrons. The summed E-state index contributed by atoms with van der Waals surface area (Å²) >= 11 is 0. The van der Waals surface area contributed by atoms with Crippen molar-refractivity contribution < 1.29 is 55.3 Å². The van der Waals surface area contributed by atoms with Gasteiger partial charge in [0.25, 0.3) is 0 Å². The number of phenolic OH excluding ortho intramolecular Hbond substituents is 1. The van der Waals surface area contributed by atoms with Gasteiger partial charge in [0.2, 0.25) is 5.91 Å². The number of hydrogen-bond donors (Lipinski definition) is 2. The van der Waals surface area contributed by atoms with Gasteiger partial charge in [-0.05, 0) is 23.8 Å². The Kier molecular flexibility index (Phi) is 7.15. The van der Waals surface area contributed by atoms with Crippen molar-refractivity contribution in [3.05, 3.63) is 71.2 Å². The zero-order valence-electron chi connectivity index (χ0n) is 20.0. The number of nitrogens with zero attached hydrogens (tertiary/aromatic N) is 2. The fourth-order valence-electron chi connectivity index (χ4n) is 4.34. The van der Waals surface area contributed by atoms with Gasteiger partial charge in [0.1, 0.15) is 23.9 Å².